The van der Waals surface area contributed by atoms with Crippen LogP contribution in [0.15, 0.2) is 88.9 Å². The van der Waals surface area contributed by atoms with Gasteiger partial charge in [0.1, 0.15) is 0 Å². The van der Waals surface area contributed by atoms with Gasteiger partial charge in [-0.15, -0.1) is 11.3 Å². The standard InChI is InChI=1S/C22H15BrN2OS/c23-18-13-21(27-15-18)20(26)12-11-17-14-25(19-9-5-2-6-10-19)24-22(17)16-7-3-1-4-8-16/h1-15H/b12-11+. The number of carbonyl (C=O) groups excluding carboxylic acids is 1. The number of ketones is 1. The van der Waals surface area contributed by atoms with Crippen LogP contribution in [0.2, 0.25) is 0 Å². The molecule has 0 unspecified atom stereocenters. The molecule has 0 amide bonds. The number of carbonyl (C=O) groups is 1. The van der Waals surface area contributed by atoms with E-state index in [1.54, 1.807) is 6.08 Å². The van der Waals surface area contributed by atoms with Crippen LogP contribution in [0, 0.1) is 0 Å². The summed E-state index contributed by atoms with van der Waals surface area (Å²) in [5.74, 6) is -0.0165. The van der Waals surface area contributed by atoms with E-state index in [0.717, 1.165) is 27.0 Å². The maximum atomic E-state index is 12.4. The van der Waals surface area contributed by atoms with Crippen molar-refractivity contribution in [3.63, 3.8) is 0 Å². The Kier molecular flexibility index (Phi) is 5.14. The van der Waals surface area contributed by atoms with Gasteiger partial charge in [-0.25, -0.2) is 4.68 Å². The van der Waals surface area contributed by atoms with Crippen LogP contribution < -0.4 is 0 Å². The SMILES string of the molecule is O=C(/C=C/c1cn(-c2ccccc2)nc1-c1ccccc1)c1cc(Br)cs1. The van der Waals surface area contributed by atoms with Crippen molar-refractivity contribution in [1.82, 2.24) is 9.78 Å². The van der Waals surface area contributed by atoms with Crippen molar-refractivity contribution in [1.29, 1.82) is 0 Å². The summed E-state index contributed by atoms with van der Waals surface area (Å²) < 4.78 is 2.76. The average Bonchev–Trinajstić information content (AvgIpc) is 3.34. The summed E-state index contributed by atoms with van der Waals surface area (Å²) in [5.41, 5.74) is 3.73. The molecule has 0 saturated heterocycles. The number of rotatable bonds is 5. The summed E-state index contributed by atoms with van der Waals surface area (Å²) >= 11 is 4.82. The number of benzene rings is 2. The third-order valence-corrected chi connectivity index (χ3v) is 5.74. The van der Waals surface area contributed by atoms with E-state index in [4.69, 9.17) is 5.10 Å². The molecule has 2 heterocycles. The highest BCUT2D eigenvalue weighted by atomic mass is 79.9. The molecule has 0 N–H and O–H groups in total. The molecular weight excluding hydrogens is 420 g/mol. The number of hydrogen-bond acceptors (Lipinski definition) is 3. The fourth-order valence-corrected chi connectivity index (χ4v) is 4.08. The zero-order valence-corrected chi connectivity index (χ0v) is 16.7. The second-order valence-corrected chi connectivity index (χ2v) is 7.73. The minimum atomic E-state index is -0.0165. The van der Waals surface area contributed by atoms with Crippen molar-refractivity contribution in [2.45, 2.75) is 0 Å². The second-order valence-electron chi connectivity index (χ2n) is 5.91. The van der Waals surface area contributed by atoms with Crippen molar-refractivity contribution in [3.8, 4) is 16.9 Å². The fraction of sp³-hybridized carbons (Fsp3) is 0. The largest absolute Gasteiger partial charge is 0.288 e. The molecule has 0 aliphatic rings. The molecule has 5 heteroatoms. The monoisotopic (exact) mass is 434 g/mol. The Bertz CT molecular complexity index is 1100. The third kappa shape index (κ3) is 3.99. The first-order valence-corrected chi connectivity index (χ1v) is 10.0. The van der Waals surface area contributed by atoms with Gasteiger partial charge in [-0.2, -0.15) is 5.10 Å². The summed E-state index contributed by atoms with van der Waals surface area (Å²) in [6, 6.07) is 21.8. The van der Waals surface area contributed by atoms with Gasteiger partial charge in [0.05, 0.1) is 16.3 Å². The molecule has 0 radical (unpaired) electrons. The molecule has 0 spiro atoms. The normalized spacial score (nSPS) is 11.1. The van der Waals surface area contributed by atoms with Crippen molar-refractivity contribution < 1.29 is 4.79 Å². The molecule has 0 bridgehead atoms. The molecule has 2 aromatic carbocycles. The zero-order valence-electron chi connectivity index (χ0n) is 14.2. The second kappa shape index (κ2) is 7.86. The van der Waals surface area contributed by atoms with E-state index >= 15 is 0 Å². The van der Waals surface area contributed by atoms with Crippen molar-refractivity contribution >= 4 is 39.1 Å². The molecule has 132 valence electrons. The van der Waals surface area contributed by atoms with Crippen LogP contribution in [-0.2, 0) is 0 Å². The van der Waals surface area contributed by atoms with E-state index in [0.29, 0.717) is 4.88 Å². The molecule has 0 atom stereocenters. The first kappa shape index (κ1) is 17.6. The van der Waals surface area contributed by atoms with Crippen molar-refractivity contribution in [2.75, 3.05) is 0 Å². The first-order valence-electron chi connectivity index (χ1n) is 8.38. The van der Waals surface area contributed by atoms with Gasteiger partial charge in [-0.1, -0.05) is 48.5 Å². The Morgan fingerprint density at radius 3 is 2.41 bits per heavy atom. The summed E-state index contributed by atoms with van der Waals surface area (Å²) in [4.78, 5) is 13.1. The van der Waals surface area contributed by atoms with Crippen LogP contribution in [-0.4, -0.2) is 15.6 Å². The molecule has 4 aromatic rings. The molecule has 4 rings (SSSR count). The van der Waals surface area contributed by atoms with Gasteiger partial charge >= 0.3 is 0 Å². The quantitative estimate of drug-likeness (QED) is 0.274. The number of nitrogens with zero attached hydrogens (tertiary/aromatic N) is 2. The number of halogens is 1. The Morgan fingerprint density at radius 1 is 1.04 bits per heavy atom. The number of allylic oxidation sites excluding steroid dienone is 1. The predicted molar refractivity (Wildman–Crippen MR) is 114 cm³/mol. The van der Waals surface area contributed by atoms with Crippen LogP contribution in [0.5, 0.6) is 0 Å². The Hall–Kier alpha value is -2.76. The minimum Gasteiger partial charge on any atom is -0.288 e. The number of hydrogen-bond donors (Lipinski definition) is 0. The lowest BCUT2D eigenvalue weighted by atomic mass is 10.1. The Labute approximate surface area is 169 Å². The molecule has 0 aliphatic heterocycles. The summed E-state index contributed by atoms with van der Waals surface area (Å²) in [6.07, 6.45) is 5.40. The van der Waals surface area contributed by atoms with Crippen LogP contribution in [0.4, 0.5) is 0 Å². The highest BCUT2D eigenvalue weighted by Gasteiger charge is 2.11. The van der Waals surface area contributed by atoms with Gasteiger partial charge in [0.25, 0.3) is 0 Å². The lowest BCUT2D eigenvalue weighted by molar-refractivity contribution is 0.105. The van der Waals surface area contributed by atoms with Gasteiger partial charge in [0.15, 0.2) is 5.78 Å². The number of para-hydroxylation sites is 1. The van der Waals surface area contributed by atoms with E-state index in [2.05, 4.69) is 15.9 Å². The van der Waals surface area contributed by atoms with E-state index in [1.807, 2.05) is 89.1 Å². The van der Waals surface area contributed by atoms with Crippen LogP contribution in [0.1, 0.15) is 15.2 Å². The molecule has 0 fully saturated rings. The van der Waals surface area contributed by atoms with Gasteiger partial charge in [-0.05, 0) is 46.3 Å². The Morgan fingerprint density at radius 2 is 1.74 bits per heavy atom. The van der Waals surface area contributed by atoms with Gasteiger partial charge < -0.3 is 0 Å². The maximum Gasteiger partial charge on any atom is 0.195 e. The van der Waals surface area contributed by atoms with Crippen LogP contribution >= 0.6 is 27.3 Å². The number of aromatic nitrogens is 2. The average molecular weight is 435 g/mol. The fourth-order valence-electron chi connectivity index (χ4n) is 2.73. The van der Waals surface area contributed by atoms with E-state index in [9.17, 15) is 4.79 Å². The van der Waals surface area contributed by atoms with Gasteiger partial charge in [0.2, 0.25) is 0 Å². The predicted octanol–water partition coefficient (Wildman–Crippen LogP) is 6.26. The van der Waals surface area contributed by atoms with Gasteiger partial charge in [-0.3, -0.25) is 4.79 Å². The highest BCUT2D eigenvalue weighted by Crippen LogP contribution is 2.25. The summed E-state index contributed by atoms with van der Waals surface area (Å²) in [5, 5.41) is 6.66. The summed E-state index contributed by atoms with van der Waals surface area (Å²) in [6.45, 7) is 0. The lowest BCUT2D eigenvalue weighted by Gasteiger charge is -2.00. The van der Waals surface area contributed by atoms with E-state index < -0.39 is 0 Å². The smallest absolute Gasteiger partial charge is 0.195 e. The van der Waals surface area contributed by atoms with Crippen molar-refractivity contribution in [2.24, 2.45) is 0 Å². The molecular formula is C22H15BrN2OS. The van der Waals surface area contributed by atoms with E-state index in [1.165, 1.54) is 11.3 Å². The zero-order chi connectivity index (χ0) is 18.6. The maximum absolute atomic E-state index is 12.4. The molecule has 2 aromatic heterocycles. The van der Waals surface area contributed by atoms with E-state index in [-0.39, 0.29) is 5.78 Å². The van der Waals surface area contributed by atoms with Gasteiger partial charge in [0, 0.05) is 27.2 Å². The highest BCUT2D eigenvalue weighted by molar-refractivity contribution is 9.10. The first-order chi connectivity index (χ1) is 13.2. The molecule has 0 aliphatic carbocycles. The lowest BCUT2D eigenvalue weighted by Crippen LogP contribution is -1.93. The van der Waals surface area contributed by atoms with Crippen LogP contribution in [0.3, 0.4) is 0 Å². The molecule has 3 nitrogen and oxygen atoms in total. The van der Waals surface area contributed by atoms with Crippen LogP contribution in [0.25, 0.3) is 23.0 Å². The van der Waals surface area contributed by atoms with Crippen molar-refractivity contribution in [3.05, 3.63) is 99.3 Å². The molecule has 0 saturated carbocycles. The molecule has 27 heavy (non-hydrogen) atoms. The third-order valence-electron chi connectivity index (χ3n) is 4.04. The topological polar surface area (TPSA) is 34.9 Å². The minimum absolute atomic E-state index is 0.0165. The summed E-state index contributed by atoms with van der Waals surface area (Å²) in [7, 11) is 0. The Balaban J connectivity index is 1.73. The number of thiophene rings is 1.